The molecule has 0 radical (unpaired) electrons. The number of benzene rings is 1. The third kappa shape index (κ3) is 1.86. The molecule has 1 N–H and O–H groups in total. The number of rotatable bonds is 1. The molecule has 0 aromatic heterocycles. The van der Waals surface area contributed by atoms with Crippen molar-refractivity contribution in [2.45, 2.75) is 12.3 Å². The summed E-state index contributed by atoms with van der Waals surface area (Å²) in [6.45, 7) is 0.652. The molecule has 1 aromatic carbocycles. The lowest BCUT2D eigenvalue weighted by molar-refractivity contribution is -0.119. The molecule has 1 fully saturated rings. The summed E-state index contributed by atoms with van der Waals surface area (Å²) in [5.41, 5.74) is 0.956. The second kappa shape index (κ2) is 3.79. The molecule has 0 aliphatic carbocycles. The van der Waals surface area contributed by atoms with E-state index in [-0.39, 0.29) is 11.8 Å². The number of hydrogen-bond donors (Lipinski definition) is 1. The number of amides is 1. The van der Waals surface area contributed by atoms with Crippen LogP contribution < -0.4 is 5.32 Å². The monoisotopic (exact) mass is 229 g/mol. The molecule has 1 heterocycles. The first kappa shape index (κ1) is 9.81. The van der Waals surface area contributed by atoms with Crippen molar-refractivity contribution in [1.29, 1.82) is 0 Å². The fourth-order valence-corrected chi connectivity index (χ4v) is 2.10. The fraction of sp³-hybridized carbons (Fsp3) is 0.300. The normalized spacial score (nSPS) is 21.0. The number of nitrogens with one attached hydrogen (secondary N) is 1. The third-order valence-electron chi connectivity index (χ3n) is 2.38. The highest BCUT2D eigenvalue weighted by Crippen LogP contribution is 2.31. The van der Waals surface area contributed by atoms with Gasteiger partial charge in [-0.1, -0.05) is 23.2 Å². The van der Waals surface area contributed by atoms with Crippen LogP contribution >= 0.6 is 23.2 Å². The van der Waals surface area contributed by atoms with Crippen molar-refractivity contribution in [3.05, 3.63) is 33.8 Å². The largest absolute Gasteiger partial charge is 0.355 e. The van der Waals surface area contributed by atoms with Crippen LogP contribution in [0.4, 0.5) is 0 Å². The van der Waals surface area contributed by atoms with Gasteiger partial charge in [-0.25, -0.2) is 0 Å². The summed E-state index contributed by atoms with van der Waals surface area (Å²) in [5, 5.41) is 4.11. The number of halogens is 2. The van der Waals surface area contributed by atoms with Crippen LogP contribution in [0, 0.1) is 0 Å². The molecule has 1 aliphatic rings. The van der Waals surface area contributed by atoms with Gasteiger partial charge in [0.1, 0.15) is 0 Å². The van der Waals surface area contributed by atoms with Crippen LogP contribution in [0.3, 0.4) is 0 Å². The van der Waals surface area contributed by atoms with Gasteiger partial charge in [0, 0.05) is 28.9 Å². The van der Waals surface area contributed by atoms with Crippen LogP contribution in [-0.4, -0.2) is 12.5 Å². The maximum absolute atomic E-state index is 11.0. The van der Waals surface area contributed by atoms with Gasteiger partial charge in [-0.2, -0.15) is 0 Å². The molecule has 1 amide bonds. The molecule has 0 saturated carbocycles. The van der Waals surface area contributed by atoms with E-state index in [4.69, 9.17) is 23.2 Å². The lowest BCUT2D eigenvalue weighted by Gasteiger charge is -2.09. The van der Waals surface area contributed by atoms with Crippen LogP contribution in [0.5, 0.6) is 0 Å². The summed E-state index contributed by atoms with van der Waals surface area (Å²) in [6.07, 6.45) is 0.500. The molecule has 4 heteroatoms. The first-order valence-electron chi connectivity index (χ1n) is 4.38. The molecule has 0 spiro atoms. The van der Waals surface area contributed by atoms with Gasteiger partial charge in [0.05, 0.1) is 0 Å². The molecule has 0 bridgehead atoms. The highest BCUT2D eigenvalue weighted by molar-refractivity contribution is 6.33. The predicted molar refractivity (Wildman–Crippen MR) is 56.8 cm³/mol. The van der Waals surface area contributed by atoms with E-state index in [1.165, 1.54) is 0 Å². The summed E-state index contributed by atoms with van der Waals surface area (Å²) in [5.74, 6) is 0.236. The average Bonchev–Trinajstić information content (AvgIpc) is 2.56. The van der Waals surface area contributed by atoms with Crippen molar-refractivity contribution in [3.8, 4) is 0 Å². The first-order valence-corrected chi connectivity index (χ1v) is 5.14. The summed E-state index contributed by atoms with van der Waals surface area (Å²) in [7, 11) is 0. The topological polar surface area (TPSA) is 29.1 Å². The van der Waals surface area contributed by atoms with Gasteiger partial charge >= 0.3 is 0 Å². The SMILES string of the molecule is O=C1CC(c2cc(Cl)ccc2Cl)CN1. The van der Waals surface area contributed by atoms with Crippen LogP contribution in [0.2, 0.25) is 10.0 Å². The van der Waals surface area contributed by atoms with E-state index < -0.39 is 0 Å². The van der Waals surface area contributed by atoms with Crippen molar-refractivity contribution >= 4 is 29.1 Å². The summed E-state index contributed by atoms with van der Waals surface area (Å²) < 4.78 is 0. The predicted octanol–water partition coefficient (Wildman–Crippen LogP) is 2.60. The molecule has 1 atom stereocenters. The van der Waals surface area contributed by atoms with Gasteiger partial charge in [-0.05, 0) is 23.8 Å². The quantitative estimate of drug-likeness (QED) is 0.789. The Bertz CT molecular complexity index is 378. The van der Waals surface area contributed by atoms with Crippen molar-refractivity contribution in [1.82, 2.24) is 5.32 Å². The maximum Gasteiger partial charge on any atom is 0.220 e. The standard InChI is InChI=1S/C10H9Cl2NO/c11-7-1-2-9(12)8(4-7)6-3-10(14)13-5-6/h1-2,4,6H,3,5H2,(H,13,14). The Labute approximate surface area is 92.2 Å². The van der Waals surface area contributed by atoms with Crippen LogP contribution in [0.1, 0.15) is 17.9 Å². The van der Waals surface area contributed by atoms with Crippen LogP contribution in [0.25, 0.3) is 0 Å². The van der Waals surface area contributed by atoms with E-state index in [9.17, 15) is 4.79 Å². The number of carbonyl (C=O) groups is 1. The highest BCUT2D eigenvalue weighted by atomic mass is 35.5. The van der Waals surface area contributed by atoms with Crippen molar-refractivity contribution in [2.75, 3.05) is 6.54 Å². The second-order valence-electron chi connectivity index (χ2n) is 3.37. The van der Waals surface area contributed by atoms with E-state index >= 15 is 0 Å². The first-order chi connectivity index (χ1) is 6.66. The number of hydrogen-bond acceptors (Lipinski definition) is 1. The molecule has 14 heavy (non-hydrogen) atoms. The molecule has 1 unspecified atom stereocenters. The average molecular weight is 230 g/mol. The van der Waals surface area contributed by atoms with Crippen molar-refractivity contribution in [2.24, 2.45) is 0 Å². The van der Waals surface area contributed by atoms with Gasteiger partial charge in [0.25, 0.3) is 0 Å². The fourth-order valence-electron chi connectivity index (χ4n) is 1.65. The van der Waals surface area contributed by atoms with Gasteiger partial charge in [-0.3, -0.25) is 4.79 Å². The van der Waals surface area contributed by atoms with Crippen LogP contribution in [0.15, 0.2) is 18.2 Å². The zero-order valence-electron chi connectivity index (χ0n) is 7.39. The van der Waals surface area contributed by atoms with Crippen LogP contribution in [-0.2, 0) is 4.79 Å². The Morgan fingerprint density at radius 3 is 2.79 bits per heavy atom. The minimum Gasteiger partial charge on any atom is -0.355 e. The van der Waals surface area contributed by atoms with E-state index in [0.29, 0.717) is 23.0 Å². The zero-order valence-corrected chi connectivity index (χ0v) is 8.90. The molecule has 1 aliphatic heterocycles. The van der Waals surface area contributed by atoms with E-state index in [2.05, 4.69) is 5.32 Å². The number of carbonyl (C=O) groups excluding carboxylic acids is 1. The van der Waals surface area contributed by atoms with Crippen molar-refractivity contribution in [3.63, 3.8) is 0 Å². The highest BCUT2D eigenvalue weighted by Gasteiger charge is 2.24. The smallest absolute Gasteiger partial charge is 0.220 e. The van der Waals surface area contributed by atoms with Gasteiger partial charge in [-0.15, -0.1) is 0 Å². The molecule has 74 valence electrons. The van der Waals surface area contributed by atoms with E-state index in [1.807, 2.05) is 6.07 Å². The van der Waals surface area contributed by atoms with Gasteiger partial charge in [0.2, 0.25) is 5.91 Å². The summed E-state index contributed by atoms with van der Waals surface area (Å²) in [4.78, 5) is 11.0. The Morgan fingerprint density at radius 1 is 1.36 bits per heavy atom. The second-order valence-corrected chi connectivity index (χ2v) is 4.21. The van der Waals surface area contributed by atoms with E-state index in [0.717, 1.165) is 5.56 Å². The van der Waals surface area contributed by atoms with Crippen molar-refractivity contribution < 1.29 is 4.79 Å². The molecule has 1 saturated heterocycles. The molecule has 2 nitrogen and oxygen atoms in total. The van der Waals surface area contributed by atoms with Gasteiger partial charge < -0.3 is 5.32 Å². The summed E-state index contributed by atoms with van der Waals surface area (Å²) in [6, 6.07) is 5.34. The Hall–Kier alpha value is -0.730. The minimum absolute atomic E-state index is 0.0750. The van der Waals surface area contributed by atoms with E-state index in [1.54, 1.807) is 12.1 Å². The Balaban J connectivity index is 2.31. The molecular formula is C10H9Cl2NO. The maximum atomic E-state index is 11.0. The molecule has 2 rings (SSSR count). The minimum atomic E-state index is 0.0750. The lowest BCUT2D eigenvalue weighted by atomic mass is 9.98. The van der Waals surface area contributed by atoms with Gasteiger partial charge in [0.15, 0.2) is 0 Å². The molecular weight excluding hydrogens is 221 g/mol. The zero-order chi connectivity index (χ0) is 10.1. The Morgan fingerprint density at radius 2 is 2.14 bits per heavy atom. The third-order valence-corrected chi connectivity index (χ3v) is 2.95. The summed E-state index contributed by atoms with van der Waals surface area (Å²) >= 11 is 11.9. The lowest BCUT2D eigenvalue weighted by Crippen LogP contribution is -2.13. The molecule has 1 aromatic rings. The Kier molecular flexibility index (Phi) is 2.66.